The molecule has 0 atom stereocenters. The van der Waals surface area contributed by atoms with Crippen LogP contribution < -0.4 is 5.32 Å². The van der Waals surface area contributed by atoms with Gasteiger partial charge in [-0.25, -0.2) is 4.79 Å². The maximum atomic E-state index is 12.3. The zero-order valence-corrected chi connectivity index (χ0v) is 14.3. The fraction of sp³-hybridized carbons (Fsp3) is 0.421. The van der Waals surface area contributed by atoms with Crippen LogP contribution >= 0.6 is 0 Å². The van der Waals surface area contributed by atoms with Crippen molar-refractivity contribution in [3.05, 3.63) is 53.3 Å². The summed E-state index contributed by atoms with van der Waals surface area (Å²) in [4.78, 5) is 14.2. The summed E-state index contributed by atoms with van der Waals surface area (Å²) in [5, 5.41) is 10.4. The molecule has 24 heavy (non-hydrogen) atoms. The molecule has 0 saturated carbocycles. The molecule has 2 aromatic rings. The molecule has 5 heteroatoms. The molecule has 1 aromatic carbocycles. The van der Waals surface area contributed by atoms with Gasteiger partial charge in [-0.3, -0.25) is 0 Å². The van der Waals surface area contributed by atoms with Crippen LogP contribution in [0.5, 0.6) is 0 Å². The Morgan fingerprint density at radius 3 is 2.62 bits per heavy atom. The molecule has 126 valence electrons. The lowest BCUT2D eigenvalue weighted by molar-refractivity contribution is 0.182. The Morgan fingerprint density at radius 2 is 1.96 bits per heavy atom. The molecular weight excluding hydrogens is 300 g/mol. The molecule has 1 saturated heterocycles. The smallest absolute Gasteiger partial charge is 0.321 e. The number of benzene rings is 1. The second-order valence-corrected chi connectivity index (χ2v) is 6.61. The van der Waals surface area contributed by atoms with Crippen LogP contribution in [0.4, 0.5) is 10.5 Å². The van der Waals surface area contributed by atoms with E-state index >= 15 is 0 Å². The van der Waals surface area contributed by atoms with Crippen molar-refractivity contribution < 1.29 is 4.79 Å². The average molecular weight is 324 g/mol. The van der Waals surface area contributed by atoms with Crippen LogP contribution in [0, 0.1) is 19.8 Å². The number of hydrogen-bond donors (Lipinski definition) is 1. The van der Waals surface area contributed by atoms with E-state index in [4.69, 9.17) is 0 Å². The SMILES string of the molecule is Cc1ccc(CC2CCN(C(=O)Nc3ccnnc3)CC2)cc1C. The summed E-state index contributed by atoms with van der Waals surface area (Å²) in [6, 6.07) is 8.43. The first-order chi connectivity index (χ1) is 11.6. The van der Waals surface area contributed by atoms with Crippen molar-refractivity contribution in [2.24, 2.45) is 5.92 Å². The number of amides is 2. The Labute approximate surface area is 143 Å². The summed E-state index contributed by atoms with van der Waals surface area (Å²) in [7, 11) is 0. The molecule has 1 N–H and O–H groups in total. The predicted molar refractivity (Wildman–Crippen MR) is 95.0 cm³/mol. The molecule has 3 rings (SSSR count). The molecule has 1 aliphatic heterocycles. The van der Waals surface area contributed by atoms with Crippen LogP contribution in [0.2, 0.25) is 0 Å². The number of likely N-dealkylation sites (tertiary alicyclic amines) is 1. The third-order valence-electron chi connectivity index (χ3n) is 4.83. The first-order valence-corrected chi connectivity index (χ1v) is 8.50. The van der Waals surface area contributed by atoms with Gasteiger partial charge in [-0.2, -0.15) is 10.2 Å². The van der Waals surface area contributed by atoms with Gasteiger partial charge >= 0.3 is 6.03 Å². The molecule has 0 radical (unpaired) electrons. The Morgan fingerprint density at radius 1 is 1.17 bits per heavy atom. The second kappa shape index (κ2) is 7.43. The van der Waals surface area contributed by atoms with E-state index in [0.29, 0.717) is 11.6 Å². The van der Waals surface area contributed by atoms with Gasteiger partial charge in [0, 0.05) is 13.1 Å². The average Bonchev–Trinajstić information content (AvgIpc) is 2.60. The maximum absolute atomic E-state index is 12.3. The number of carbonyl (C=O) groups is 1. The lowest BCUT2D eigenvalue weighted by Gasteiger charge is -2.32. The van der Waals surface area contributed by atoms with Crippen LogP contribution in [-0.4, -0.2) is 34.2 Å². The number of hydrogen-bond acceptors (Lipinski definition) is 3. The van der Waals surface area contributed by atoms with E-state index in [0.717, 1.165) is 32.4 Å². The molecule has 2 amide bonds. The number of aryl methyl sites for hydroxylation is 2. The fourth-order valence-electron chi connectivity index (χ4n) is 3.17. The van der Waals surface area contributed by atoms with E-state index < -0.39 is 0 Å². The van der Waals surface area contributed by atoms with E-state index in [1.165, 1.54) is 16.7 Å². The molecule has 1 aliphatic rings. The van der Waals surface area contributed by atoms with Crippen LogP contribution in [0.3, 0.4) is 0 Å². The van der Waals surface area contributed by atoms with E-state index in [1.807, 2.05) is 4.90 Å². The highest BCUT2D eigenvalue weighted by molar-refractivity contribution is 5.89. The maximum Gasteiger partial charge on any atom is 0.321 e. The Bertz CT molecular complexity index is 694. The monoisotopic (exact) mass is 324 g/mol. The number of nitrogens with zero attached hydrogens (tertiary/aromatic N) is 3. The van der Waals surface area contributed by atoms with Gasteiger partial charge in [0.2, 0.25) is 0 Å². The summed E-state index contributed by atoms with van der Waals surface area (Å²) < 4.78 is 0. The Balaban J connectivity index is 1.50. The highest BCUT2D eigenvalue weighted by Gasteiger charge is 2.23. The predicted octanol–water partition coefficient (Wildman–Crippen LogP) is 3.58. The van der Waals surface area contributed by atoms with Gasteiger partial charge in [-0.1, -0.05) is 18.2 Å². The number of nitrogens with one attached hydrogen (secondary N) is 1. The van der Waals surface area contributed by atoms with Gasteiger partial charge < -0.3 is 10.2 Å². The quantitative estimate of drug-likeness (QED) is 0.939. The fourth-order valence-corrected chi connectivity index (χ4v) is 3.17. The minimum Gasteiger partial charge on any atom is -0.325 e. The number of piperidine rings is 1. The van der Waals surface area contributed by atoms with Crippen LogP contribution in [0.15, 0.2) is 36.7 Å². The van der Waals surface area contributed by atoms with Crippen LogP contribution in [-0.2, 0) is 6.42 Å². The molecule has 0 spiro atoms. The van der Waals surface area contributed by atoms with Crippen molar-refractivity contribution in [2.75, 3.05) is 18.4 Å². The lowest BCUT2D eigenvalue weighted by atomic mass is 9.89. The Kier molecular flexibility index (Phi) is 5.08. The summed E-state index contributed by atoms with van der Waals surface area (Å²) in [5.74, 6) is 0.652. The number of aromatic nitrogens is 2. The topological polar surface area (TPSA) is 58.1 Å². The van der Waals surface area contributed by atoms with Crippen LogP contribution in [0.1, 0.15) is 29.5 Å². The van der Waals surface area contributed by atoms with Gasteiger partial charge in [0.1, 0.15) is 0 Å². The standard InChI is InChI=1S/C19H24N4O/c1-14-3-4-17(11-15(14)2)12-16-6-9-23(10-7-16)19(24)22-18-5-8-20-21-13-18/h3-5,8,11,13,16H,6-7,9-10,12H2,1-2H3,(H,20,22,24). The van der Waals surface area contributed by atoms with Gasteiger partial charge in [0.05, 0.1) is 18.1 Å². The minimum atomic E-state index is -0.0485. The van der Waals surface area contributed by atoms with Crippen molar-refractivity contribution >= 4 is 11.7 Å². The molecule has 0 aliphatic carbocycles. The first-order valence-electron chi connectivity index (χ1n) is 8.50. The number of anilines is 1. The molecule has 1 aromatic heterocycles. The summed E-state index contributed by atoms with van der Waals surface area (Å²) in [6.45, 7) is 5.92. The Hall–Kier alpha value is -2.43. The summed E-state index contributed by atoms with van der Waals surface area (Å²) in [5.41, 5.74) is 4.79. The molecule has 0 bridgehead atoms. The number of carbonyl (C=O) groups excluding carboxylic acids is 1. The molecular formula is C19H24N4O. The van der Waals surface area contributed by atoms with Crippen molar-refractivity contribution in [3.8, 4) is 0 Å². The molecule has 5 nitrogen and oxygen atoms in total. The van der Waals surface area contributed by atoms with E-state index in [-0.39, 0.29) is 6.03 Å². The number of rotatable bonds is 3. The third-order valence-corrected chi connectivity index (χ3v) is 4.83. The normalized spacial score (nSPS) is 15.3. The van der Waals surface area contributed by atoms with E-state index in [9.17, 15) is 4.79 Å². The minimum absolute atomic E-state index is 0.0485. The van der Waals surface area contributed by atoms with Gasteiger partial charge in [-0.15, -0.1) is 0 Å². The van der Waals surface area contributed by atoms with E-state index in [1.54, 1.807) is 18.5 Å². The summed E-state index contributed by atoms with van der Waals surface area (Å²) in [6.07, 6.45) is 6.34. The summed E-state index contributed by atoms with van der Waals surface area (Å²) >= 11 is 0. The van der Waals surface area contributed by atoms with E-state index in [2.05, 4.69) is 47.6 Å². The lowest BCUT2D eigenvalue weighted by Crippen LogP contribution is -2.41. The van der Waals surface area contributed by atoms with Crippen molar-refractivity contribution in [2.45, 2.75) is 33.1 Å². The second-order valence-electron chi connectivity index (χ2n) is 6.61. The molecule has 2 heterocycles. The van der Waals surface area contributed by atoms with Crippen molar-refractivity contribution in [1.29, 1.82) is 0 Å². The van der Waals surface area contributed by atoms with Gasteiger partial charge in [0.25, 0.3) is 0 Å². The van der Waals surface area contributed by atoms with Gasteiger partial charge in [-0.05, 0) is 61.8 Å². The zero-order chi connectivity index (χ0) is 16.9. The van der Waals surface area contributed by atoms with Crippen molar-refractivity contribution in [3.63, 3.8) is 0 Å². The molecule has 1 fully saturated rings. The highest BCUT2D eigenvalue weighted by atomic mass is 16.2. The first kappa shape index (κ1) is 16.4. The third kappa shape index (κ3) is 4.10. The largest absolute Gasteiger partial charge is 0.325 e. The highest BCUT2D eigenvalue weighted by Crippen LogP contribution is 2.23. The zero-order valence-electron chi connectivity index (χ0n) is 14.3. The van der Waals surface area contributed by atoms with Gasteiger partial charge in [0.15, 0.2) is 0 Å². The number of urea groups is 1. The molecule has 0 unspecified atom stereocenters. The van der Waals surface area contributed by atoms with Crippen molar-refractivity contribution in [1.82, 2.24) is 15.1 Å². The van der Waals surface area contributed by atoms with Crippen LogP contribution in [0.25, 0.3) is 0 Å².